The van der Waals surface area contributed by atoms with Crippen molar-refractivity contribution in [3.05, 3.63) is 48.0 Å². The second kappa shape index (κ2) is 4.90. The van der Waals surface area contributed by atoms with Crippen LogP contribution in [0.5, 0.6) is 0 Å². The maximum atomic E-state index is 4.68. The summed E-state index contributed by atoms with van der Waals surface area (Å²) in [6, 6.07) is 14.2. The zero-order valence-electron chi connectivity index (χ0n) is 10.8. The van der Waals surface area contributed by atoms with Crippen LogP contribution in [0.1, 0.15) is 5.56 Å². The molecule has 0 amide bonds. The zero-order valence-corrected chi connectivity index (χ0v) is 11.6. The third-order valence-corrected chi connectivity index (χ3v) is 4.20. The standard InChI is InChI=1S/C15H13N3S/c1-10-4-3-5-13-14(10)19-15(17-13)11-6-8-12(9-7-11)18-16-2/h3-9H,1-2H3/b18-16+. The van der Waals surface area contributed by atoms with Gasteiger partial charge in [0.1, 0.15) is 5.01 Å². The summed E-state index contributed by atoms with van der Waals surface area (Å²) >= 11 is 1.73. The van der Waals surface area contributed by atoms with Gasteiger partial charge in [-0.25, -0.2) is 4.98 Å². The highest BCUT2D eigenvalue weighted by molar-refractivity contribution is 7.21. The molecule has 0 saturated heterocycles. The van der Waals surface area contributed by atoms with Crippen LogP contribution in [0.3, 0.4) is 0 Å². The monoisotopic (exact) mass is 267 g/mol. The van der Waals surface area contributed by atoms with Gasteiger partial charge in [-0.05, 0) is 42.8 Å². The quantitative estimate of drug-likeness (QED) is 0.603. The Morgan fingerprint density at radius 1 is 1.05 bits per heavy atom. The lowest BCUT2D eigenvalue weighted by Crippen LogP contribution is -1.75. The minimum atomic E-state index is 0.864. The highest BCUT2D eigenvalue weighted by atomic mass is 32.1. The van der Waals surface area contributed by atoms with Crippen LogP contribution in [0.15, 0.2) is 52.7 Å². The molecular weight excluding hydrogens is 254 g/mol. The zero-order chi connectivity index (χ0) is 13.2. The van der Waals surface area contributed by atoms with E-state index in [1.54, 1.807) is 18.4 Å². The molecule has 0 N–H and O–H groups in total. The second-order valence-electron chi connectivity index (χ2n) is 4.29. The van der Waals surface area contributed by atoms with Gasteiger partial charge in [-0.15, -0.1) is 11.3 Å². The number of aromatic nitrogens is 1. The van der Waals surface area contributed by atoms with E-state index in [1.807, 2.05) is 30.3 Å². The average Bonchev–Trinajstić information content (AvgIpc) is 2.85. The van der Waals surface area contributed by atoms with Crippen LogP contribution in [-0.4, -0.2) is 12.0 Å². The summed E-state index contributed by atoms with van der Waals surface area (Å²) in [5.41, 5.74) is 4.33. The van der Waals surface area contributed by atoms with Crippen molar-refractivity contribution in [2.24, 2.45) is 10.2 Å². The molecule has 0 spiro atoms. The summed E-state index contributed by atoms with van der Waals surface area (Å²) in [6.07, 6.45) is 0. The Balaban J connectivity index is 2.06. The smallest absolute Gasteiger partial charge is 0.124 e. The number of hydrogen-bond acceptors (Lipinski definition) is 4. The van der Waals surface area contributed by atoms with Crippen LogP contribution in [0.2, 0.25) is 0 Å². The Kier molecular flexibility index (Phi) is 3.09. The van der Waals surface area contributed by atoms with Gasteiger partial charge in [0.2, 0.25) is 0 Å². The third kappa shape index (κ3) is 2.27. The molecule has 0 fully saturated rings. The van der Waals surface area contributed by atoms with Gasteiger partial charge in [-0.1, -0.05) is 12.1 Å². The molecule has 0 radical (unpaired) electrons. The van der Waals surface area contributed by atoms with Crippen molar-refractivity contribution in [2.75, 3.05) is 7.05 Å². The lowest BCUT2D eigenvalue weighted by molar-refractivity contribution is 1.17. The van der Waals surface area contributed by atoms with E-state index in [-0.39, 0.29) is 0 Å². The molecular formula is C15H13N3S. The van der Waals surface area contributed by atoms with Gasteiger partial charge in [0.25, 0.3) is 0 Å². The Labute approximate surface area is 115 Å². The predicted molar refractivity (Wildman–Crippen MR) is 80.2 cm³/mol. The number of azo groups is 1. The number of aryl methyl sites for hydroxylation is 1. The minimum absolute atomic E-state index is 0.864. The number of fused-ring (bicyclic) bond motifs is 1. The van der Waals surface area contributed by atoms with Gasteiger partial charge in [-0.2, -0.15) is 10.2 Å². The molecule has 1 heterocycles. The number of hydrogen-bond donors (Lipinski definition) is 0. The van der Waals surface area contributed by atoms with E-state index < -0.39 is 0 Å². The molecule has 0 aliphatic rings. The van der Waals surface area contributed by atoms with E-state index >= 15 is 0 Å². The van der Waals surface area contributed by atoms with Gasteiger partial charge >= 0.3 is 0 Å². The normalized spacial score (nSPS) is 11.5. The summed E-state index contributed by atoms with van der Waals surface area (Å²) < 4.78 is 1.26. The average molecular weight is 267 g/mol. The number of thiazole rings is 1. The molecule has 0 saturated carbocycles. The summed E-state index contributed by atoms with van der Waals surface area (Å²) in [5.74, 6) is 0. The van der Waals surface area contributed by atoms with E-state index in [2.05, 4.69) is 34.3 Å². The third-order valence-electron chi connectivity index (χ3n) is 2.94. The molecule has 0 bridgehead atoms. The fourth-order valence-electron chi connectivity index (χ4n) is 2.00. The maximum Gasteiger partial charge on any atom is 0.124 e. The van der Waals surface area contributed by atoms with Crippen molar-refractivity contribution in [1.82, 2.24) is 4.98 Å². The van der Waals surface area contributed by atoms with E-state index in [0.717, 1.165) is 21.8 Å². The number of rotatable bonds is 2. The van der Waals surface area contributed by atoms with Crippen LogP contribution >= 0.6 is 11.3 Å². The molecule has 3 rings (SSSR count). The molecule has 1 aromatic heterocycles. The van der Waals surface area contributed by atoms with Crippen LogP contribution < -0.4 is 0 Å². The van der Waals surface area contributed by atoms with Gasteiger partial charge in [0.15, 0.2) is 0 Å². The topological polar surface area (TPSA) is 37.6 Å². The molecule has 3 aromatic rings. The molecule has 19 heavy (non-hydrogen) atoms. The SMILES string of the molecule is C/N=N/c1ccc(-c2nc3cccc(C)c3s2)cc1. The van der Waals surface area contributed by atoms with Crippen molar-refractivity contribution >= 4 is 27.2 Å². The molecule has 0 aliphatic heterocycles. The van der Waals surface area contributed by atoms with Crippen molar-refractivity contribution in [3.63, 3.8) is 0 Å². The molecule has 0 aliphatic carbocycles. The fraction of sp³-hybridized carbons (Fsp3) is 0.133. The second-order valence-corrected chi connectivity index (χ2v) is 5.29. The van der Waals surface area contributed by atoms with Gasteiger partial charge < -0.3 is 0 Å². The molecule has 3 nitrogen and oxygen atoms in total. The summed E-state index contributed by atoms with van der Waals surface area (Å²) in [4.78, 5) is 4.68. The van der Waals surface area contributed by atoms with Crippen LogP contribution in [0, 0.1) is 6.92 Å². The predicted octanol–water partition coefficient (Wildman–Crippen LogP) is 4.99. The first kappa shape index (κ1) is 12.0. The lowest BCUT2D eigenvalue weighted by Gasteiger charge is -1.96. The van der Waals surface area contributed by atoms with Gasteiger partial charge in [0.05, 0.1) is 15.9 Å². The largest absolute Gasteiger partial charge is 0.236 e. The highest BCUT2D eigenvalue weighted by Crippen LogP contribution is 2.32. The van der Waals surface area contributed by atoms with E-state index in [9.17, 15) is 0 Å². The summed E-state index contributed by atoms with van der Waals surface area (Å²) in [7, 11) is 1.67. The number of benzene rings is 2. The molecule has 0 atom stereocenters. The Hall–Kier alpha value is -2.07. The van der Waals surface area contributed by atoms with Crippen molar-refractivity contribution in [1.29, 1.82) is 0 Å². The van der Waals surface area contributed by atoms with Crippen LogP contribution in [-0.2, 0) is 0 Å². The summed E-state index contributed by atoms with van der Waals surface area (Å²) in [5, 5.41) is 8.82. The van der Waals surface area contributed by atoms with Gasteiger partial charge in [0, 0.05) is 12.6 Å². The molecule has 94 valence electrons. The van der Waals surface area contributed by atoms with Crippen molar-refractivity contribution in [3.8, 4) is 10.6 Å². The Bertz CT molecular complexity index is 742. The molecule has 4 heteroatoms. The van der Waals surface area contributed by atoms with E-state index in [1.165, 1.54) is 10.3 Å². The van der Waals surface area contributed by atoms with Crippen LogP contribution in [0.25, 0.3) is 20.8 Å². The minimum Gasteiger partial charge on any atom is -0.236 e. The first-order valence-electron chi connectivity index (χ1n) is 6.04. The van der Waals surface area contributed by atoms with Crippen LogP contribution in [0.4, 0.5) is 5.69 Å². The first-order valence-corrected chi connectivity index (χ1v) is 6.86. The van der Waals surface area contributed by atoms with Crippen molar-refractivity contribution < 1.29 is 0 Å². The number of nitrogens with zero attached hydrogens (tertiary/aromatic N) is 3. The lowest BCUT2D eigenvalue weighted by atomic mass is 10.2. The molecule has 2 aromatic carbocycles. The summed E-state index contributed by atoms with van der Waals surface area (Å²) in [6.45, 7) is 2.12. The Morgan fingerprint density at radius 2 is 1.84 bits per heavy atom. The van der Waals surface area contributed by atoms with E-state index in [4.69, 9.17) is 0 Å². The fourth-order valence-corrected chi connectivity index (χ4v) is 3.03. The molecule has 0 unspecified atom stereocenters. The van der Waals surface area contributed by atoms with E-state index in [0.29, 0.717) is 0 Å². The first-order chi connectivity index (χ1) is 9.28. The maximum absolute atomic E-state index is 4.68. The van der Waals surface area contributed by atoms with Gasteiger partial charge in [-0.3, -0.25) is 0 Å². The van der Waals surface area contributed by atoms with Crippen molar-refractivity contribution in [2.45, 2.75) is 6.92 Å². The Morgan fingerprint density at radius 3 is 2.53 bits per heavy atom. The highest BCUT2D eigenvalue weighted by Gasteiger charge is 2.07.